The molecule has 0 amide bonds. The van der Waals surface area contributed by atoms with Crippen molar-refractivity contribution in [1.29, 1.82) is 0 Å². The number of aryl methyl sites for hydroxylation is 1. The second-order valence-corrected chi connectivity index (χ2v) is 6.56. The zero-order chi connectivity index (χ0) is 13.1. The zero-order valence-corrected chi connectivity index (χ0v) is 12.1. The topological polar surface area (TPSA) is 51.0 Å². The van der Waals surface area contributed by atoms with Crippen LogP contribution in [0.25, 0.3) is 0 Å². The maximum atomic E-state index is 5.62. The molecular weight excluding hydrogens is 238 g/mol. The fourth-order valence-corrected chi connectivity index (χ4v) is 2.31. The lowest BCUT2D eigenvalue weighted by Crippen LogP contribution is -2.35. The van der Waals surface area contributed by atoms with Gasteiger partial charge < -0.3 is 9.73 Å². The summed E-state index contributed by atoms with van der Waals surface area (Å²) in [7, 11) is 0. The van der Waals surface area contributed by atoms with Gasteiger partial charge >= 0.3 is 6.01 Å². The second-order valence-electron chi connectivity index (χ2n) is 6.19. The predicted molar refractivity (Wildman–Crippen MR) is 70.5 cm³/mol. The van der Waals surface area contributed by atoms with Crippen molar-refractivity contribution in [3.63, 3.8) is 0 Å². The summed E-state index contributed by atoms with van der Waals surface area (Å²) in [6.45, 7) is 10.9. The SMILES string of the molecule is CC(C)(C)CC(C)(C)Nc1nnc(CCCl)o1. The number of rotatable bonds is 5. The fourth-order valence-electron chi connectivity index (χ4n) is 2.15. The molecule has 0 aromatic carbocycles. The summed E-state index contributed by atoms with van der Waals surface area (Å²) in [5.41, 5.74) is 0.165. The maximum absolute atomic E-state index is 5.62. The quantitative estimate of drug-likeness (QED) is 0.823. The number of nitrogens with one attached hydrogen (secondary N) is 1. The van der Waals surface area contributed by atoms with Crippen molar-refractivity contribution < 1.29 is 4.42 Å². The van der Waals surface area contributed by atoms with Crippen molar-refractivity contribution in [3.8, 4) is 0 Å². The van der Waals surface area contributed by atoms with Crippen LogP contribution in [-0.4, -0.2) is 21.6 Å². The van der Waals surface area contributed by atoms with Gasteiger partial charge in [0.15, 0.2) is 0 Å². The van der Waals surface area contributed by atoms with E-state index in [0.29, 0.717) is 24.2 Å². The van der Waals surface area contributed by atoms with Crippen LogP contribution in [0.2, 0.25) is 0 Å². The van der Waals surface area contributed by atoms with Crippen molar-refractivity contribution in [3.05, 3.63) is 5.89 Å². The first-order valence-corrected chi connectivity index (χ1v) is 6.42. The van der Waals surface area contributed by atoms with Gasteiger partial charge in [-0.15, -0.1) is 16.7 Å². The lowest BCUT2D eigenvalue weighted by Gasteiger charge is -2.32. The Morgan fingerprint density at radius 1 is 1.18 bits per heavy atom. The van der Waals surface area contributed by atoms with Crippen LogP contribution in [0.3, 0.4) is 0 Å². The molecule has 17 heavy (non-hydrogen) atoms. The summed E-state index contributed by atoms with van der Waals surface area (Å²) in [6.07, 6.45) is 1.61. The Balaban J connectivity index is 2.62. The number of nitrogens with zero attached hydrogens (tertiary/aromatic N) is 2. The molecule has 1 aromatic heterocycles. The second kappa shape index (κ2) is 5.25. The molecule has 0 saturated heterocycles. The Bertz CT molecular complexity index is 355. The highest BCUT2D eigenvalue weighted by atomic mass is 35.5. The van der Waals surface area contributed by atoms with E-state index < -0.39 is 0 Å². The minimum Gasteiger partial charge on any atom is -0.408 e. The normalized spacial score (nSPS) is 12.8. The molecule has 5 heteroatoms. The molecule has 0 aliphatic carbocycles. The van der Waals surface area contributed by atoms with Crippen LogP contribution in [-0.2, 0) is 6.42 Å². The van der Waals surface area contributed by atoms with E-state index in [1.807, 2.05) is 0 Å². The van der Waals surface area contributed by atoms with E-state index in [-0.39, 0.29) is 11.0 Å². The number of anilines is 1. The van der Waals surface area contributed by atoms with Crippen molar-refractivity contribution in [1.82, 2.24) is 10.2 Å². The average Bonchev–Trinajstić information content (AvgIpc) is 2.47. The van der Waals surface area contributed by atoms with Gasteiger partial charge in [0, 0.05) is 17.8 Å². The van der Waals surface area contributed by atoms with Crippen molar-refractivity contribution in [2.45, 2.75) is 53.0 Å². The molecule has 0 aliphatic heterocycles. The molecule has 0 bridgehead atoms. The van der Waals surface area contributed by atoms with Crippen LogP contribution in [0.5, 0.6) is 0 Å². The van der Waals surface area contributed by atoms with E-state index in [0.717, 1.165) is 6.42 Å². The molecule has 0 unspecified atom stereocenters. The summed E-state index contributed by atoms with van der Waals surface area (Å²) >= 11 is 5.62. The van der Waals surface area contributed by atoms with E-state index in [1.165, 1.54) is 0 Å². The molecule has 4 nitrogen and oxygen atoms in total. The standard InChI is InChI=1S/C12H22ClN3O/c1-11(2,3)8-12(4,5)14-10-16-15-9(17-10)6-7-13/h6-8H2,1-5H3,(H,14,16). The Kier molecular flexibility index (Phi) is 4.42. The molecule has 0 saturated carbocycles. The minimum atomic E-state index is -0.0803. The van der Waals surface area contributed by atoms with Crippen LogP contribution in [0.1, 0.15) is 46.9 Å². The monoisotopic (exact) mass is 259 g/mol. The third-order valence-corrected chi connectivity index (χ3v) is 2.38. The Morgan fingerprint density at radius 2 is 1.82 bits per heavy atom. The average molecular weight is 260 g/mol. The molecule has 1 aromatic rings. The summed E-state index contributed by atoms with van der Waals surface area (Å²) < 4.78 is 5.46. The number of hydrogen-bond donors (Lipinski definition) is 1. The van der Waals surface area contributed by atoms with E-state index >= 15 is 0 Å². The van der Waals surface area contributed by atoms with Crippen LogP contribution < -0.4 is 5.32 Å². The number of halogens is 1. The van der Waals surface area contributed by atoms with Gasteiger partial charge in [-0.2, -0.15) is 0 Å². The van der Waals surface area contributed by atoms with Crippen LogP contribution in [0.15, 0.2) is 4.42 Å². The molecule has 0 fully saturated rings. The number of hydrogen-bond acceptors (Lipinski definition) is 4. The van der Waals surface area contributed by atoms with Crippen molar-refractivity contribution in [2.75, 3.05) is 11.2 Å². The molecule has 1 rings (SSSR count). The Morgan fingerprint density at radius 3 is 2.35 bits per heavy atom. The smallest absolute Gasteiger partial charge is 0.315 e. The Labute approximate surface area is 108 Å². The predicted octanol–water partition coefficient (Wildman–Crippen LogP) is 3.48. The molecule has 0 aliphatic rings. The lowest BCUT2D eigenvalue weighted by atomic mass is 9.82. The third kappa shape index (κ3) is 5.39. The van der Waals surface area contributed by atoms with Gasteiger partial charge in [-0.3, -0.25) is 0 Å². The number of alkyl halides is 1. The van der Waals surface area contributed by atoms with Gasteiger partial charge in [0.05, 0.1) is 0 Å². The highest BCUT2D eigenvalue weighted by Crippen LogP contribution is 2.29. The van der Waals surface area contributed by atoms with Crippen LogP contribution >= 0.6 is 11.6 Å². The molecule has 0 atom stereocenters. The molecule has 1 N–H and O–H groups in total. The highest BCUT2D eigenvalue weighted by molar-refractivity contribution is 6.17. The van der Waals surface area contributed by atoms with Crippen LogP contribution in [0, 0.1) is 5.41 Å². The van der Waals surface area contributed by atoms with Crippen molar-refractivity contribution in [2.24, 2.45) is 5.41 Å². The van der Waals surface area contributed by atoms with E-state index in [2.05, 4.69) is 50.1 Å². The molecule has 0 spiro atoms. The molecule has 0 radical (unpaired) electrons. The van der Waals surface area contributed by atoms with Gasteiger partial charge in [0.1, 0.15) is 0 Å². The molecule has 1 heterocycles. The maximum Gasteiger partial charge on any atom is 0.315 e. The first kappa shape index (κ1) is 14.3. The largest absolute Gasteiger partial charge is 0.408 e. The highest BCUT2D eigenvalue weighted by Gasteiger charge is 2.26. The van der Waals surface area contributed by atoms with E-state index in [9.17, 15) is 0 Å². The fraction of sp³-hybridized carbons (Fsp3) is 0.833. The van der Waals surface area contributed by atoms with E-state index in [1.54, 1.807) is 0 Å². The third-order valence-electron chi connectivity index (χ3n) is 2.19. The number of aromatic nitrogens is 2. The van der Waals surface area contributed by atoms with Gasteiger partial charge in [-0.1, -0.05) is 25.9 Å². The summed E-state index contributed by atoms with van der Waals surface area (Å²) in [5, 5.41) is 11.2. The zero-order valence-electron chi connectivity index (χ0n) is 11.3. The molecular formula is C12H22ClN3O. The summed E-state index contributed by atoms with van der Waals surface area (Å²) in [4.78, 5) is 0. The van der Waals surface area contributed by atoms with Gasteiger partial charge in [-0.05, 0) is 25.7 Å². The van der Waals surface area contributed by atoms with Gasteiger partial charge in [0.2, 0.25) is 5.89 Å². The first-order valence-electron chi connectivity index (χ1n) is 5.88. The van der Waals surface area contributed by atoms with Gasteiger partial charge in [-0.25, -0.2) is 0 Å². The van der Waals surface area contributed by atoms with Crippen molar-refractivity contribution >= 4 is 17.6 Å². The Hall–Kier alpha value is -0.770. The van der Waals surface area contributed by atoms with E-state index in [4.69, 9.17) is 16.0 Å². The molecule has 98 valence electrons. The first-order chi connectivity index (χ1) is 7.72. The summed E-state index contributed by atoms with van der Waals surface area (Å²) in [5.74, 6) is 1.07. The van der Waals surface area contributed by atoms with Crippen LogP contribution in [0.4, 0.5) is 6.01 Å². The van der Waals surface area contributed by atoms with Gasteiger partial charge in [0.25, 0.3) is 0 Å². The summed E-state index contributed by atoms with van der Waals surface area (Å²) in [6, 6.07) is 0.472. The minimum absolute atomic E-state index is 0.0803. The lowest BCUT2D eigenvalue weighted by molar-refractivity contribution is 0.297.